The molecule has 0 aromatic heterocycles. The molecule has 4 rings (SSSR count). The van der Waals surface area contributed by atoms with Crippen molar-refractivity contribution in [3.05, 3.63) is 12.2 Å². The summed E-state index contributed by atoms with van der Waals surface area (Å²) in [7, 11) is 0. The maximum Gasteiger partial charge on any atom is 0.309 e. The second-order valence-corrected chi connectivity index (χ2v) is 11.7. The van der Waals surface area contributed by atoms with Gasteiger partial charge in [-0.3, -0.25) is 4.79 Å². The largest absolute Gasteiger partial charge is 0.462 e. The van der Waals surface area contributed by atoms with Crippen molar-refractivity contribution in [2.24, 2.45) is 46.3 Å². The predicted molar refractivity (Wildman–Crippen MR) is 116 cm³/mol. The highest BCUT2D eigenvalue weighted by Gasteiger charge is 2.64. The summed E-state index contributed by atoms with van der Waals surface area (Å²) in [5.41, 5.74) is 0.293. The fourth-order valence-electron chi connectivity index (χ4n) is 7.88. The molecule has 0 aromatic rings. The number of esters is 1. The van der Waals surface area contributed by atoms with E-state index in [1.54, 1.807) is 0 Å². The molecule has 4 aliphatic rings. The summed E-state index contributed by atoms with van der Waals surface area (Å²) in [6, 6.07) is 0. The van der Waals surface area contributed by atoms with E-state index >= 15 is 0 Å². The Morgan fingerprint density at radius 1 is 1.07 bits per heavy atom. The molecule has 1 N–H and O–H groups in total. The van der Waals surface area contributed by atoms with Gasteiger partial charge in [-0.2, -0.15) is 0 Å². The van der Waals surface area contributed by atoms with E-state index in [9.17, 15) is 9.90 Å². The lowest BCUT2D eigenvalue weighted by molar-refractivity contribution is -0.216. The summed E-state index contributed by atoms with van der Waals surface area (Å²) < 4.78 is 6.23. The molecular weight excluding hydrogens is 360 g/mol. The van der Waals surface area contributed by atoms with E-state index in [0.29, 0.717) is 36.0 Å². The van der Waals surface area contributed by atoms with Crippen LogP contribution >= 0.6 is 0 Å². The summed E-state index contributed by atoms with van der Waals surface area (Å²) >= 11 is 0. The zero-order valence-corrected chi connectivity index (χ0v) is 19.2. The average molecular weight is 403 g/mol. The summed E-state index contributed by atoms with van der Waals surface area (Å²) in [6.07, 6.45) is 13.0. The van der Waals surface area contributed by atoms with E-state index in [-0.39, 0.29) is 34.9 Å². The molecule has 1 saturated heterocycles. The topological polar surface area (TPSA) is 46.5 Å². The lowest BCUT2D eigenvalue weighted by Crippen LogP contribution is -2.60. The van der Waals surface area contributed by atoms with Crippen molar-refractivity contribution >= 4 is 5.97 Å². The predicted octanol–water partition coefficient (Wildman–Crippen LogP) is 5.76. The Bertz CT molecular complexity index is 654. The van der Waals surface area contributed by atoms with E-state index in [4.69, 9.17) is 4.74 Å². The number of aliphatic hydroxyl groups excluding tert-OH is 1. The van der Waals surface area contributed by atoms with Crippen molar-refractivity contribution < 1.29 is 14.6 Å². The molecule has 0 spiro atoms. The number of rotatable bonds is 4. The van der Waals surface area contributed by atoms with Crippen molar-refractivity contribution in [1.82, 2.24) is 0 Å². The van der Waals surface area contributed by atoms with Crippen molar-refractivity contribution in [3.8, 4) is 0 Å². The number of allylic oxidation sites excluding steroid dienone is 2. The van der Waals surface area contributed by atoms with Gasteiger partial charge in [-0.1, -0.05) is 46.8 Å². The molecule has 3 heteroatoms. The third-order valence-electron chi connectivity index (χ3n) is 9.66. The Balaban J connectivity index is 1.54. The SMILES string of the molecule is CC(C)C/C=C/[C@@H](C)[C@H]1CC[C@@H]2[C@@H]3OC(=O)[C@@H]4C[C@@H](O)CC[C@]4(C)[C@@H]3CC[C@@]21C. The van der Waals surface area contributed by atoms with Gasteiger partial charge in [0.05, 0.1) is 12.0 Å². The van der Waals surface area contributed by atoms with Crippen molar-refractivity contribution in [1.29, 1.82) is 0 Å². The van der Waals surface area contributed by atoms with Crippen molar-refractivity contribution in [3.63, 3.8) is 0 Å². The number of aliphatic hydroxyl groups is 1. The molecule has 9 atom stereocenters. The maximum atomic E-state index is 13.0. The molecule has 0 aromatic carbocycles. The number of hydrogen-bond donors (Lipinski definition) is 1. The van der Waals surface area contributed by atoms with Gasteiger partial charge >= 0.3 is 5.97 Å². The third kappa shape index (κ3) is 3.50. The Labute approximate surface area is 177 Å². The third-order valence-corrected chi connectivity index (χ3v) is 9.66. The Kier molecular flexibility index (Phi) is 5.68. The van der Waals surface area contributed by atoms with Crippen molar-refractivity contribution in [2.75, 3.05) is 0 Å². The Morgan fingerprint density at radius 2 is 1.76 bits per heavy atom. The maximum absolute atomic E-state index is 13.0. The highest BCUT2D eigenvalue weighted by molar-refractivity contribution is 5.75. The molecule has 0 unspecified atom stereocenters. The van der Waals surface area contributed by atoms with Gasteiger partial charge in [0.2, 0.25) is 0 Å². The minimum atomic E-state index is -0.333. The van der Waals surface area contributed by atoms with Gasteiger partial charge in [0.25, 0.3) is 0 Å². The number of carbonyl (C=O) groups excluding carboxylic acids is 1. The molecule has 0 bridgehead atoms. The molecule has 1 aliphatic heterocycles. The second-order valence-electron chi connectivity index (χ2n) is 11.7. The van der Waals surface area contributed by atoms with Crippen LogP contribution in [0.25, 0.3) is 0 Å². The number of carbonyl (C=O) groups is 1. The number of hydrogen-bond acceptors (Lipinski definition) is 3. The van der Waals surface area contributed by atoms with Gasteiger partial charge in [-0.15, -0.1) is 0 Å². The zero-order chi connectivity index (χ0) is 21.0. The van der Waals surface area contributed by atoms with E-state index < -0.39 is 0 Å². The van der Waals surface area contributed by atoms with Gasteiger partial charge in [0, 0.05) is 11.8 Å². The summed E-state index contributed by atoms with van der Waals surface area (Å²) in [5.74, 6) is 2.84. The molecule has 3 saturated carbocycles. The average Bonchev–Trinajstić information content (AvgIpc) is 3.00. The Hall–Kier alpha value is -0.830. The van der Waals surface area contributed by atoms with Crippen LogP contribution in [0, 0.1) is 46.3 Å². The van der Waals surface area contributed by atoms with E-state index in [1.807, 2.05) is 0 Å². The number of ether oxygens (including phenoxy) is 1. The second kappa shape index (κ2) is 7.70. The smallest absolute Gasteiger partial charge is 0.309 e. The van der Waals surface area contributed by atoms with Crippen LogP contribution in [0.5, 0.6) is 0 Å². The van der Waals surface area contributed by atoms with E-state index in [2.05, 4.69) is 46.8 Å². The highest BCUT2D eigenvalue weighted by atomic mass is 16.5. The first-order valence-electron chi connectivity index (χ1n) is 12.2. The van der Waals surface area contributed by atoms with Crippen LogP contribution in [0.4, 0.5) is 0 Å². The lowest BCUT2D eigenvalue weighted by atomic mass is 9.49. The van der Waals surface area contributed by atoms with Crippen LogP contribution in [0.2, 0.25) is 0 Å². The minimum absolute atomic E-state index is 0.0153. The monoisotopic (exact) mass is 402 g/mol. The van der Waals surface area contributed by atoms with Crippen LogP contribution in [0.1, 0.15) is 86.0 Å². The highest BCUT2D eigenvalue weighted by Crippen LogP contribution is 2.65. The quantitative estimate of drug-likeness (QED) is 0.480. The van der Waals surface area contributed by atoms with Gasteiger partial charge in [-0.05, 0) is 80.0 Å². The fraction of sp³-hybridized carbons (Fsp3) is 0.885. The van der Waals surface area contributed by atoms with E-state index in [0.717, 1.165) is 19.3 Å². The van der Waals surface area contributed by atoms with Gasteiger partial charge in [-0.25, -0.2) is 0 Å². The van der Waals surface area contributed by atoms with Gasteiger partial charge in [0.1, 0.15) is 6.10 Å². The summed E-state index contributed by atoms with van der Waals surface area (Å²) in [6.45, 7) is 11.8. The molecule has 0 radical (unpaired) electrons. The van der Waals surface area contributed by atoms with Crippen molar-refractivity contribution in [2.45, 2.75) is 98.2 Å². The van der Waals surface area contributed by atoms with Crippen LogP contribution < -0.4 is 0 Å². The Morgan fingerprint density at radius 3 is 2.48 bits per heavy atom. The standard InChI is InChI=1S/C26H42O3/c1-16(2)7-6-8-17(3)19-9-10-20-23-21(12-14-25(19,20)4)26(5)13-11-18(27)15-22(26)24(28)29-23/h6,8,16-23,27H,7,9-15H2,1-5H3/b8-6+/t17-,18+,19-,20-,21-,22+,23+,25-,26-/m1/s1. The molecule has 3 aliphatic carbocycles. The van der Waals surface area contributed by atoms with E-state index in [1.165, 1.54) is 25.7 Å². The zero-order valence-electron chi connectivity index (χ0n) is 19.2. The molecule has 0 amide bonds. The van der Waals surface area contributed by atoms with Gasteiger partial charge in [0.15, 0.2) is 0 Å². The van der Waals surface area contributed by atoms with Crippen LogP contribution in [0.3, 0.4) is 0 Å². The van der Waals surface area contributed by atoms with Crippen LogP contribution in [0.15, 0.2) is 12.2 Å². The lowest BCUT2D eigenvalue weighted by Gasteiger charge is -2.59. The minimum Gasteiger partial charge on any atom is -0.462 e. The summed E-state index contributed by atoms with van der Waals surface area (Å²) in [5, 5.41) is 10.2. The fourth-order valence-corrected chi connectivity index (χ4v) is 7.88. The first-order valence-corrected chi connectivity index (χ1v) is 12.2. The van der Waals surface area contributed by atoms with Crippen LogP contribution in [-0.4, -0.2) is 23.3 Å². The molecule has 1 heterocycles. The first kappa shape index (κ1) is 21.4. The molecule has 4 fully saturated rings. The number of fused-ring (bicyclic) bond motifs is 5. The molecular formula is C26H42O3. The molecule has 164 valence electrons. The summed E-state index contributed by atoms with van der Waals surface area (Å²) in [4.78, 5) is 13.0. The molecule has 29 heavy (non-hydrogen) atoms. The molecule has 3 nitrogen and oxygen atoms in total. The normalized spacial score (nSPS) is 48.2. The first-order chi connectivity index (χ1) is 13.7. The van der Waals surface area contributed by atoms with Gasteiger partial charge < -0.3 is 9.84 Å². The van der Waals surface area contributed by atoms with Crippen LogP contribution in [-0.2, 0) is 9.53 Å².